The molecule has 2 heterocycles. The van der Waals surface area contributed by atoms with Crippen molar-refractivity contribution in [2.75, 3.05) is 11.9 Å². The number of nitrogens with one attached hydrogen (secondary N) is 1. The number of halogens is 2. The van der Waals surface area contributed by atoms with Gasteiger partial charge in [-0.05, 0) is 43.2 Å². The van der Waals surface area contributed by atoms with Gasteiger partial charge in [0.15, 0.2) is 11.5 Å². The zero-order chi connectivity index (χ0) is 18.3. The van der Waals surface area contributed by atoms with Crippen LogP contribution in [0.3, 0.4) is 0 Å². The molecule has 1 aliphatic rings. The molecule has 9 heteroatoms. The molecule has 7 nitrogen and oxygen atoms in total. The van der Waals surface area contributed by atoms with Crippen molar-refractivity contribution in [3.63, 3.8) is 0 Å². The quantitative estimate of drug-likeness (QED) is 0.687. The van der Waals surface area contributed by atoms with Crippen LogP contribution in [0.4, 0.5) is 5.82 Å². The molecule has 0 saturated heterocycles. The molecule has 0 bridgehead atoms. The van der Waals surface area contributed by atoms with Crippen LogP contribution in [0.25, 0.3) is 17.0 Å². The van der Waals surface area contributed by atoms with Crippen molar-refractivity contribution in [1.29, 1.82) is 0 Å². The summed E-state index contributed by atoms with van der Waals surface area (Å²) in [5.74, 6) is 0.291. The number of aliphatic carboxylic acids is 1. The number of hydrogen-bond acceptors (Lipinski definition) is 5. The monoisotopic (exact) mass is 391 g/mol. The first kappa shape index (κ1) is 17.1. The molecule has 1 aromatic carbocycles. The van der Waals surface area contributed by atoms with Gasteiger partial charge < -0.3 is 10.4 Å². The molecule has 0 atom stereocenters. The third kappa shape index (κ3) is 2.97. The van der Waals surface area contributed by atoms with Crippen LogP contribution in [0.15, 0.2) is 30.3 Å². The number of fused-ring (bicyclic) bond motifs is 1. The zero-order valence-electron chi connectivity index (χ0n) is 13.6. The van der Waals surface area contributed by atoms with Gasteiger partial charge in [0.1, 0.15) is 5.82 Å². The van der Waals surface area contributed by atoms with E-state index in [0.29, 0.717) is 52.3 Å². The number of nitrogens with zero attached hydrogens (tertiary/aromatic N) is 4. The highest BCUT2D eigenvalue weighted by Crippen LogP contribution is 2.41. The first-order chi connectivity index (χ1) is 12.5. The summed E-state index contributed by atoms with van der Waals surface area (Å²) in [6.45, 7) is 0.335. The van der Waals surface area contributed by atoms with Crippen molar-refractivity contribution in [3.8, 4) is 11.4 Å². The fourth-order valence-corrected chi connectivity index (χ4v) is 3.60. The summed E-state index contributed by atoms with van der Waals surface area (Å²) in [6.07, 6.45) is 2.29. The average Bonchev–Trinajstić information content (AvgIpc) is 2.95. The minimum Gasteiger partial charge on any atom is -0.481 e. The number of aromatic nitrogens is 4. The average molecular weight is 392 g/mol. The van der Waals surface area contributed by atoms with E-state index in [1.165, 1.54) is 0 Å². The molecule has 2 N–H and O–H groups in total. The van der Waals surface area contributed by atoms with Crippen LogP contribution >= 0.6 is 23.2 Å². The first-order valence-electron chi connectivity index (χ1n) is 8.13. The van der Waals surface area contributed by atoms with Crippen LogP contribution in [-0.2, 0) is 4.79 Å². The Morgan fingerprint density at radius 1 is 1.19 bits per heavy atom. The van der Waals surface area contributed by atoms with Gasteiger partial charge in [0.2, 0.25) is 0 Å². The minimum atomic E-state index is -0.768. The van der Waals surface area contributed by atoms with E-state index in [4.69, 9.17) is 23.2 Å². The molecule has 4 rings (SSSR count). The summed E-state index contributed by atoms with van der Waals surface area (Å²) >= 11 is 12.1. The number of carboxylic acid groups (broad SMARTS) is 1. The minimum absolute atomic E-state index is 0.335. The lowest BCUT2D eigenvalue weighted by Gasteiger charge is -2.37. The molecule has 1 aliphatic carbocycles. The van der Waals surface area contributed by atoms with Gasteiger partial charge in [0.25, 0.3) is 0 Å². The lowest BCUT2D eigenvalue weighted by atomic mass is 9.69. The third-order valence-electron chi connectivity index (χ3n) is 4.76. The summed E-state index contributed by atoms with van der Waals surface area (Å²) in [5.41, 5.74) is 0.562. The standard InChI is InChI=1S/C17H15Cl2N5O2/c18-11-6-10(7-12(19)8-11)15-22-21-14-3-2-13(23-24(14)15)20-9-17(16(25)26)4-1-5-17/h2-3,6-8H,1,4-5,9H2,(H,20,23)(H,25,26). The van der Waals surface area contributed by atoms with Crippen LogP contribution in [0.2, 0.25) is 10.0 Å². The molecule has 0 radical (unpaired) electrons. The molecule has 0 aliphatic heterocycles. The normalized spacial score (nSPS) is 15.6. The maximum Gasteiger partial charge on any atom is 0.311 e. The second-order valence-corrected chi connectivity index (χ2v) is 7.34. The van der Waals surface area contributed by atoms with Gasteiger partial charge in [-0.15, -0.1) is 15.3 Å². The molecular formula is C17H15Cl2N5O2. The van der Waals surface area contributed by atoms with Crippen molar-refractivity contribution in [3.05, 3.63) is 40.4 Å². The maximum atomic E-state index is 11.5. The van der Waals surface area contributed by atoms with E-state index < -0.39 is 11.4 Å². The largest absolute Gasteiger partial charge is 0.481 e. The Morgan fingerprint density at radius 3 is 2.54 bits per heavy atom. The van der Waals surface area contributed by atoms with E-state index in [-0.39, 0.29) is 0 Å². The van der Waals surface area contributed by atoms with Gasteiger partial charge in [-0.25, -0.2) is 0 Å². The van der Waals surface area contributed by atoms with E-state index in [0.717, 1.165) is 6.42 Å². The Labute approximate surface area is 158 Å². The van der Waals surface area contributed by atoms with Gasteiger partial charge in [-0.3, -0.25) is 4.79 Å². The Kier molecular flexibility index (Phi) is 4.20. The third-order valence-corrected chi connectivity index (χ3v) is 5.19. The zero-order valence-corrected chi connectivity index (χ0v) is 15.1. The Hall–Kier alpha value is -2.38. The molecule has 3 aromatic rings. The van der Waals surface area contributed by atoms with Crippen LogP contribution < -0.4 is 5.32 Å². The molecule has 0 unspecified atom stereocenters. The second kappa shape index (κ2) is 6.41. The molecular weight excluding hydrogens is 377 g/mol. The first-order valence-corrected chi connectivity index (χ1v) is 8.89. The SMILES string of the molecule is O=C(O)C1(CNc2ccc3nnc(-c4cc(Cl)cc(Cl)c4)n3n2)CCC1. The van der Waals surface area contributed by atoms with E-state index in [1.807, 2.05) is 0 Å². The number of anilines is 1. The van der Waals surface area contributed by atoms with Crippen LogP contribution in [0.5, 0.6) is 0 Å². The fraction of sp³-hybridized carbons (Fsp3) is 0.294. The van der Waals surface area contributed by atoms with E-state index in [9.17, 15) is 9.90 Å². The van der Waals surface area contributed by atoms with Crippen molar-refractivity contribution in [1.82, 2.24) is 19.8 Å². The van der Waals surface area contributed by atoms with E-state index in [2.05, 4.69) is 20.6 Å². The highest BCUT2D eigenvalue weighted by molar-refractivity contribution is 6.35. The van der Waals surface area contributed by atoms with Crippen molar-refractivity contribution >= 4 is 40.6 Å². The van der Waals surface area contributed by atoms with E-state index >= 15 is 0 Å². The predicted molar refractivity (Wildman–Crippen MR) is 98.6 cm³/mol. The van der Waals surface area contributed by atoms with Gasteiger partial charge in [-0.1, -0.05) is 29.6 Å². The summed E-state index contributed by atoms with van der Waals surface area (Å²) < 4.78 is 1.58. The van der Waals surface area contributed by atoms with Gasteiger partial charge in [-0.2, -0.15) is 4.52 Å². The molecule has 0 spiro atoms. The predicted octanol–water partition coefficient (Wildman–Crippen LogP) is 3.76. The van der Waals surface area contributed by atoms with Crippen LogP contribution in [0.1, 0.15) is 19.3 Å². The highest BCUT2D eigenvalue weighted by Gasteiger charge is 2.44. The number of carboxylic acids is 1. The van der Waals surface area contributed by atoms with Crippen molar-refractivity contribution in [2.24, 2.45) is 5.41 Å². The second-order valence-electron chi connectivity index (χ2n) is 6.46. The fourth-order valence-electron chi connectivity index (χ4n) is 3.08. The number of hydrogen-bond donors (Lipinski definition) is 2. The van der Waals surface area contributed by atoms with Gasteiger partial charge in [0.05, 0.1) is 5.41 Å². The lowest BCUT2D eigenvalue weighted by Crippen LogP contribution is -2.43. The number of carbonyl (C=O) groups is 1. The summed E-state index contributed by atoms with van der Waals surface area (Å²) in [7, 11) is 0. The summed E-state index contributed by atoms with van der Waals surface area (Å²) in [5, 5.41) is 26.3. The Balaban J connectivity index is 1.65. The number of benzene rings is 1. The molecule has 1 fully saturated rings. The maximum absolute atomic E-state index is 11.5. The van der Waals surface area contributed by atoms with Gasteiger partial charge >= 0.3 is 5.97 Å². The van der Waals surface area contributed by atoms with Crippen LogP contribution in [-0.4, -0.2) is 37.4 Å². The smallest absolute Gasteiger partial charge is 0.311 e. The topological polar surface area (TPSA) is 92.4 Å². The van der Waals surface area contributed by atoms with Gasteiger partial charge in [0, 0.05) is 22.2 Å². The molecule has 2 aromatic heterocycles. The summed E-state index contributed by atoms with van der Waals surface area (Å²) in [6, 6.07) is 8.64. The highest BCUT2D eigenvalue weighted by atomic mass is 35.5. The lowest BCUT2D eigenvalue weighted by molar-refractivity contribution is -0.153. The molecule has 1 saturated carbocycles. The summed E-state index contributed by atoms with van der Waals surface area (Å²) in [4.78, 5) is 11.5. The Bertz CT molecular complexity index is 980. The molecule has 0 amide bonds. The van der Waals surface area contributed by atoms with Crippen molar-refractivity contribution in [2.45, 2.75) is 19.3 Å². The van der Waals surface area contributed by atoms with Crippen molar-refractivity contribution < 1.29 is 9.90 Å². The molecule has 26 heavy (non-hydrogen) atoms. The number of rotatable bonds is 5. The molecule has 134 valence electrons. The van der Waals surface area contributed by atoms with E-state index in [1.54, 1.807) is 34.8 Å². The Morgan fingerprint density at radius 2 is 1.92 bits per heavy atom. The van der Waals surface area contributed by atoms with Crippen LogP contribution in [0, 0.1) is 5.41 Å².